The SMILES string of the molecule is CC(C)(C(=O)Cc1cc(Br)cs1)N1CCCCCC1. The molecule has 0 aromatic carbocycles. The first-order valence-electron chi connectivity index (χ1n) is 7.01. The minimum absolute atomic E-state index is 0.333. The monoisotopic (exact) mass is 343 g/mol. The van der Waals surface area contributed by atoms with Gasteiger partial charge in [-0.25, -0.2) is 0 Å². The summed E-state index contributed by atoms with van der Waals surface area (Å²) in [6.45, 7) is 6.30. The zero-order valence-electron chi connectivity index (χ0n) is 11.7. The number of carbonyl (C=O) groups is 1. The van der Waals surface area contributed by atoms with Gasteiger partial charge in [0.25, 0.3) is 0 Å². The molecule has 1 aliphatic heterocycles. The molecule has 1 aromatic heterocycles. The summed E-state index contributed by atoms with van der Waals surface area (Å²) in [6.07, 6.45) is 5.61. The van der Waals surface area contributed by atoms with E-state index in [1.807, 2.05) is 5.38 Å². The molecule has 0 amide bonds. The Morgan fingerprint density at radius 1 is 1.32 bits per heavy atom. The van der Waals surface area contributed by atoms with Gasteiger partial charge >= 0.3 is 0 Å². The molecule has 0 spiro atoms. The number of likely N-dealkylation sites (tertiary alicyclic amines) is 1. The van der Waals surface area contributed by atoms with E-state index in [1.54, 1.807) is 11.3 Å². The second-order valence-electron chi connectivity index (χ2n) is 5.79. The van der Waals surface area contributed by atoms with E-state index in [2.05, 4.69) is 40.7 Å². The minimum atomic E-state index is -0.333. The summed E-state index contributed by atoms with van der Waals surface area (Å²) in [4.78, 5) is 16.1. The first-order valence-corrected chi connectivity index (χ1v) is 8.68. The van der Waals surface area contributed by atoms with Crippen LogP contribution in [0.4, 0.5) is 0 Å². The predicted molar refractivity (Wildman–Crippen MR) is 84.9 cm³/mol. The van der Waals surface area contributed by atoms with E-state index in [-0.39, 0.29) is 5.54 Å². The molecule has 0 saturated carbocycles. The fourth-order valence-electron chi connectivity index (χ4n) is 2.63. The van der Waals surface area contributed by atoms with E-state index in [9.17, 15) is 4.79 Å². The third-order valence-corrected chi connectivity index (χ3v) is 5.73. The first-order chi connectivity index (χ1) is 9.00. The molecule has 1 aromatic rings. The van der Waals surface area contributed by atoms with Crippen molar-refractivity contribution >= 4 is 33.0 Å². The number of hydrogen-bond acceptors (Lipinski definition) is 3. The summed E-state index contributed by atoms with van der Waals surface area (Å²) in [5.41, 5.74) is -0.333. The highest BCUT2D eigenvalue weighted by Gasteiger charge is 2.34. The third kappa shape index (κ3) is 3.89. The van der Waals surface area contributed by atoms with Crippen LogP contribution in [0.5, 0.6) is 0 Å². The highest BCUT2D eigenvalue weighted by atomic mass is 79.9. The van der Waals surface area contributed by atoms with Gasteiger partial charge in [0.05, 0.1) is 5.54 Å². The fraction of sp³-hybridized carbons (Fsp3) is 0.667. The zero-order chi connectivity index (χ0) is 13.9. The Morgan fingerprint density at radius 2 is 1.95 bits per heavy atom. The van der Waals surface area contributed by atoms with Gasteiger partial charge < -0.3 is 0 Å². The predicted octanol–water partition coefficient (Wildman–Crippen LogP) is 4.28. The maximum atomic E-state index is 12.6. The molecule has 1 fully saturated rings. The first kappa shape index (κ1) is 15.2. The molecule has 19 heavy (non-hydrogen) atoms. The summed E-state index contributed by atoms with van der Waals surface area (Å²) in [7, 11) is 0. The molecule has 1 saturated heterocycles. The molecular formula is C15H22BrNOS. The average Bonchev–Trinajstić information content (AvgIpc) is 2.63. The normalized spacial score (nSPS) is 18.3. The lowest BCUT2D eigenvalue weighted by Crippen LogP contribution is -2.51. The molecule has 1 aliphatic rings. The summed E-state index contributed by atoms with van der Waals surface area (Å²) in [6, 6.07) is 2.06. The number of nitrogens with zero attached hydrogens (tertiary/aromatic N) is 1. The molecule has 0 unspecified atom stereocenters. The van der Waals surface area contributed by atoms with Crippen LogP contribution in [0.15, 0.2) is 15.9 Å². The van der Waals surface area contributed by atoms with Gasteiger partial charge in [0, 0.05) is 21.2 Å². The van der Waals surface area contributed by atoms with Crippen LogP contribution < -0.4 is 0 Å². The smallest absolute Gasteiger partial charge is 0.157 e. The summed E-state index contributed by atoms with van der Waals surface area (Å²) >= 11 is 5.11. The van der Waals surface area contributed by atoms with Gasteiger partial charge in [-0.15, -0.1) is 11.3 Å². The van der Waals surface area contributed by atoms with Gasteiger partial charge in [-0.2, -0.15) is 0 Å². The molecule has 0 atom stereocenters. The molecular weight excluding hydrogens is 322 g/mol. The number of ketones is 1. The van der Waals surface area contributed by atoms with Gasteiger partial charge in [-0.05, 0) is 61.8 Å². The Labute approximate surface area is 128 Å². The molecule has 106 valence electrons. The maximum Gasteiger partial charge on any atom is 0.157 e. The van der Waals surface area contributed by atoms with E-state index in [0.717, 1.165) is 22.4 Å². The van der Waals surface area contributed by atoms with Crippen molar-refractivity contribution < 1.29 is 4.79 Å². The number of thiophene rings is 1. The van der Waals surface area contributed by atoms with Gasteiger partial charge in [0.1, 0.15) is 0 Å². The number of Topliss-reactive ketones (excluding diaryl/α,β-unsaturated/α-hetero) is 1. The van der Waals surface area contributed by atoms with Crippen molar-refractivity contribution in [2.45, 2.75) is 51.5 Å². The fourth-order valence-corrected chi connectivity index (χ4v) is 4.08. The van der Waals surface area contributed by atoms with Crippen molar-refractivity contribution in [2.75, 3.05) is 13.1 Å². The summed E-state index contributed by atoms with van der Waals surface area (Å²) < 4.78 is 1.08. The number of rotatable bonds is 4. The molecule has 2 heterocycles. The van der Waals surface area contributed by atoms with Crippen molar-refractivity contribution in [1.82, 2.24) is 4.90 Å². The van der Waals surface area contributed by atoms with Crippen molar-refractivity contribution in [3.8, 4) is 0 Å². The Kier molecular flexibility index (Phi) is 5.21. The maximum absolute atomic E-state index is 12.6. The van der Waals surface area contributed by atoms with Crippen molar-refractivity contribution in [3.63, 3.8) is 0 Å². The highest BCUT2D eigenvalue weighted by molar-refractivity contribution is 9.10. The van der Waals surface area contributed by atoms with Crippen LogP contribution in [0.3, 0.4) is 0 Å². The number of halogens is 1. The average molecular weight is 344 g/mol. The van der Waals surface area contributed by atoms with Crippen LogP contribution in [0.2, 0.25) is 0 Å². The van der Waals surface area contributed by atoms with E-state index >= 15 is 0 Å². The second-order valence-corrected chi connectivity index (χ2v) is 7.70. The molecule has 0 radical (unpaired) electrons. The van der Waals surface area contributed by atoms with Crippen molar-refractivity contribution in [3.05, 3.63) is 20.8 Å². The lowest BCUT2D eigenvalue weighted by atomic mass is 9.93. The largest absolute Gasteiger partial charge is 0.297 e. The lowest BCUT2D eigenvalue weighted by molar-refractivity contribution is -0.128. The van der Waals surface area contributed by atoms with Gasteiger partial charge in [0.15, 0.2) is 5.78 Å². The zero-order valence-corrected chi connectivity index (χ0v) is 14.1. The van der Waals surface area contributed by atoms with Crippen LogP contribution in [-0.4, -0.2) is 29.3 Å². The Morgan fingerprint density at radius 3 is 2.47 bits per heavy atom. The standard InChI is InChI=1S/C15H22BrNOS/c1-15(2,17-7-5-3-4-6-8-17)14(18)10-13-9-12(16)11-19-13/h9,11H,3-8,10H2,1-2H3. The third-order valence-electron chi connectivity index (χ3n) is 4.04. The van der Waals surface area contributed by atoms with Crippen molar-refractivity contribution in [2.24, 2.45) is 0 Å². The topological polar surface area (TPSA) is 20.3 Å². The highest BCUT2D eigenvalue weighted by Crippen LogP contribution is 2.25. The van der Waals surface area contributed by atoms with E-state index in [4.69, 9.17) is 0 Å². The lowest BCUT2D eigenvalue weighted by Gasteiger charge is -2.36. The second kappa shape index (κ2) is 6.51. The van der Waals surface area contributed by atoms with Crippen LogP contribution >= 0.6 is 27.3 Å². The van der Waals surface area contributed by atoms with Gasteiger partial charge in [-0.3, -0.25) is 9.69 Å². The number of carbonyl (C=O) groups excluding carboxylic acids is 1. The summed E-state index contributed by atoms with van der Waals surface area (Å²) in [5.74, 6) is 0.337. The molecule has 0 bridgehead atoms. The minimum Gasteiger partial charge on any atom is -0.297 e. The van der Waals surface area contributed by atoms with E-state index in [1.165, 1.54) is 25.7 Å². The molecule has 0 N–H and O–H groups in total. The molecule has 0 aliphatic carbocycles. The Bertz CT molecular complexity index is 433. The quantitative estimate of drug-likeness (QED) is 0.813. The van der Waals surface area contributed by atoms with Crippen LogP contribution in [0.25, 0.3) is 0 Å². The van der Waals surface area contributed by atoms with Gasteiger partial charge in [0.2, 0.25) is 0 Å². The van der Waals surface area contributed by atoms with Crippen LogP contribution in [0, 0.1) is 0 Å². The Balaban J connectivity index is 2.02. The molecule has 2 nitrogen and oxygen atoms in total. The van der Waals surface area contributed by atoms with E-state index in [0.29, 0.717) is 12.2 Å². The molecule has 2 rings (SSSR count). The van der Waals surface area contributed by atoms with Gasteiger partial charge in [-0.1, -0.05) is 12.8 Å². The van der Waals surface area contributed by atoms with E-state index < -0.39 is 0 Å². The Hall–Kier alpha value is -0.190. The summed E-state index contributed by atoms with van der Waals surface area (Å²) in [5, 5.41) is 2.04. The van der Waals surface area contributed by atoms with Crippen LogP contribution in [-0.2, 0) is 11.2 Å². The number of hydrogen-bond donors (Lipinski definition) is 0. The molecule has 4 heteroatoms. The van der Waals surface area contributed by atoms with Crippen LogP contribution in [0.1, 0.15) is 44.4 Å². The van der Waals surface area contributed by atoms with Crippen molar-refractivity contribution in [1.29, 1.82) is 0 Å².